The number of phenolic OH excluding ortho intramolecular Hbond substituents is 1. The summed E-state index contributed by atoms with van der Waals surface area (Å²) in [6.45, 7) is 0.213. The number of carbonyl (C=O) groups is 1. The lowest BCUT2D eigenvalue weighted by Crippen LogP contribution is -2.27. The van der Waals surface area contributed by atoms with Crippen LogP contribution in [0.5, 0.6) is 5.75 Å². The summed E-state index contributed by atoms with van der Waals surface area (Å²) in [5.74, 6) is -0.0624. The van der Waals surface area contributed by atoms with E-state index in [9.17, 15) is 18.6 Å². The summed E-state index contributed by atoms with van der Waals surface area (Å²) < 4.78 is 13.1. The Hall–Kier alpha value is -2.35. The van der Waals surface area contributed by atoms with Crippen LogP contribution in [0.1, 0.15) is 15.9 Å². The Morgan fingerprint density at radius 3 is 2.80 bits per heavy atom. The number of aromatic nitrogens is 2. The first-order chi connectivity index (χ1) is 9.60. The van der Waals surface area contributed by atoms with Gasteiger partial charge in [0.25, 0.3) is 11.5 Å². The molecule has 0 bridgehead atoms. The number of halogens is 1. The maximum Gasteiger partial charge on any atom is 0.279 e. The van der Waals surface area contributed by atoms with E-state index in [0.717, 1.165) is 6.07 Å². The monoisotopic (exact) mass is 293 g/mol. The van der Waals surface area contributed by atoms with Gasteiger partial charge in [0.2, 0.25) is 0 Å². The Bertz CT molecular complexity index is 762. The number of aromatic hydroxyl groups is 1. The molecule has 1 aliphatic heterocycles. The molecule has 0 saturated carbocycles. The highest BCUT2D eigenvalue weighted by atomic mass is 32.2. The molecule has 102 valence electrons. The molecule has 0 atom stereocenters. The second-order valence-electron chi connectivity index (χ2n) is 4.20. The van der Waals surface area contributed by atoms with Crippen LogP contribution in [0.25, 0.3) is 0 Å². The van der Waals surface area contributed by atoms with E-state index < -0.39 is 5.56 Å². The van der Waals surface area contributed by atoms with Crippen LogP contribution in [0, 0.1) is 0 Å². The lowest BCUT2D eigenvalue weighted by Gasteiger charge is -2.14. The Morgan fingerprint density at radius 1 is 1.25 bits per heavy atom. The van der Waals surface area contributed by atoms with Crippen LogP contribution in [0.2, 0.25) is 0 Å². The molecule has 8 heteroatoms. The molecule has 2 heterocycles. The fourth-order valence-electron chi connectivity index (χ4n) is 2.07. The van der Waals surface area contributed by atoms with E-state index in [1.165, 1.54) is 29.2 Å². The molecule has 1 aromatic heterocycles. The number of fused-ring (bicyclic) bond motifs is 1. The average Bonchev–Trinajstić information content (AvgIpc) is 2.76. The summed E-state index contributed by atoms with van der Waals surface area (Å²) in [7, 11) is 0. The highest BCUT2D eigenvalue weighted by Crippen LogP contribution is 2.29. The molecule has 0 spiro atoms. The molecular weight excluding hydrogens is 285 g/mol. The molecule has 1 aromatic carbocycles. The number of rotatable bonds is 2. The smallest absolute Gasteiger partial charge is 0.279 e. The Morgan fingerprint density at radius 2 is 2.05 bits per heavy atom. The number of phenols is 1. The zero-order valence-electron chi connectivity index (χ0n) is 9.99. The summed E-state index contributed by atoms with van der Waals surface area (Å²) in [5.41, 5.74) is 0.501. The van der Waals surface area contributed by atoms with Crippen molar-refractivity contribution in [2.45, 2.75) is 6.54 Å². The number of hydrogen-bond donors (Lipinski definition) is 1. The highest BCUT2D eigenvalue weighted by Gasteiger charge is 2.29. The molecule has 6 nitrogen and oxygen atoms in total. The van der Waals surface area contributed by atoms with Gasteiger partial charge >= 0.3 is 0 Å². The van der Waals surface area contributed by atoms with Gasteiger partial charge in [0.05, 0.1) is 6.54 Å². The number of hydrogen-bond acceptors (Lipinski definition) is 5. The maximum atomic E-state index is 12.5. The van der Waals surface area contributed by atoms with Gasteiger partial charge in [-0.25, -0.2) is 0 Å². The zero-order valence-corrected chi connectivity index (χ0v) is 10.8. The minimum Gasteiger partial charge on any atom is -0.508 e. The van der Waals surface area contributed by atoms with Crippen molar-refractivity contribution in [3.63, 3.8) is 0 Å². The second kappa shape index (κ2) is 4.64. The topological polar surface area (TPSA) is 75.4 Å². The number of anilines is 1. The van der Waals surface area contributed by atoms with Crippen LogP contribution in [-0.2, 0) is 6.54 Å². The molecule has 20 heavy (non-hydrogen) atoms. The molecule has 3 rings (SSSR count). The van der Waals surface area contributed by atoms with E-state index >= 15 is 0 Å². The minimum atomic E-state index is -0.608. The normalized spacial score (nSPS) is 13.7. The molecule has 2 aromatic rings. The van der Waals surface area contributed by atoms with Crippen molar-refractivity contribution < 1.29 is 13.8 Å². The molecule has 0 radical (unpaired) electrons. The van der Waals surface area contributed by atoms with Crippen LogP contribution < -0.4 is 10.5 Å². The van der Waals surface area contributed by atoms with Gasteiger partial charge in [-0.3, -0.25) is 14.5 Å². The predicted molar refractivity (Wildman–Crippen MR) is 71.2 cm³/mol. The van der Waals surface area contributed by atoms with E-state index in [1.807, 2.05) is 0 Å². The van der Waals surface area contributed by atoms with Crippen LogP contribution >= 0.6 is 12.3 Å². The van der Waals surface area contributed by atoms with Gasteiger partial charge in [-0.15, -0.1) is 13.1 Å². The van der Waals surface area contributed by atoms with Crippen molar-refractivity contribution >= 4 is 24.1 Å². The van der Waals surface area contributed by atoms with Crippen LogP contribution in [0.4, 0.5) is 9.70 Å². The molecule has 0 fully saturated rings. The zero-order chi connectivity index (χ0) is 14.3. The van der Waals surface area contributed by atoms with E-state index in [2.05, 4.69) is 5.10 Å². The van der Waals surface area contributed by atoms with Gasteiger partial charge in [-0.1, -0.05) is 0 Å². The first kappa shape index (κ1) is 12.7. The number of amides is 1. The summed E-state index contributed by atoms with van der Waals surface area (Å²) in [6.07, 6.45) is 0. The third kappa shape index (κ3) is 1.94. The van der Waals surface area contributed by atoms with Gasteiger partial charge in [0.15, 0.2) is 18.2 Å². The summed E-state index contributed by atoms with van der Waals surface area (Å²) in [5, 5.41) is 13.2. The first-order valence-electron chi connectivity index (χ1n) is 5.63. The fraction of sp³-hybridized carbons (Fsp3) is 0.0833. The van der Waals surface area contributed by atoms with Crippen LogP contribution in [0.15, 0.2) is 35.1 Å². The molecule has 1 N–H and O–H groups in total. The van der Waals surface area contributed by atoms with Gasteiger partial charge in [0.1, 0.15) is 5.75 Å². The number of nitrogens with zero attached hydrogens (tertiary/aromatic N) is 3. The Balaban J connectivity index is 2.02. The second-order valence-corrected chi connectivity index (χ2v) is 4.69. The molecule has 0 aliphatic carbocycles. The lowest BCUT2D eigenvalue weighted by atomic mass is 10.1. The Kier molecular flexibility index (Phi) is 2.94. The van der Waals surface area contributed by atoms with Gasteiger partial charge in [-0.2, -0.15) is 0 Å². The van der Waals surface area contributed by atoms with E-state index in [4.69, 9.17) is 0 Å². The van der Waals surface area contributed by atoms with Crippen LogP contribution in [-0.4, -0.2) is 20.2 Å². The van der Waals surface area contributed by atoms with Crippen molar-refractivity contribution in [2.75, 3.05) is 4.90 Å². The van der Waals surface area contributed by atoms with Crippen molar-refractivity contribution in [3.05, 3.63) is 51.8 Å². The molecule has 0 unspecified atom stereocenters. The Labute approximate surface area is 116 Å². The van der Waals surface area contributed by atoms with Crippen molar-refractivity contribution in [1.82, 2.24) is 9.19 Å². The third-order valence-electron chi connectivity index (χ3n) is 2.99. The average molecular weight is 293 g/mol. The molecule has 1 amide bonds. The molecule has 0 saturated heterocycles. The van der Waals surface area contributed by atoms with Crippen molar-refractivity contribution in [2.24, 2.45) is 0 Å². The van der Waals surface area contributed by atoms with Gasteiger partial charge < -0.3 is 5.11 Å². The summed E-state index contributed by atoms with van der Waals surface area (Å²) in [4.78, 5) is 24.8. The predicted octanol–water partition coefficient (Wildman–Crippen LogP) is 1.49. The third-order valence-corrected chi connectivity index (χ3v) is 3.38. The molecular formula is C12H8FN3O3S. The van der Waals surface area contributed by atoms with E-state index in [0.29, 0.717) is 15.2 Å². The highest BCUT2D eigenvalue weighted by molar-refractivity contribution is 7.92. The number of benzene rings is 1. The molecule has 1 aliphatic rings. The lowest BCUT2D eigenvalue weighted by molar-refractivity contribution is 0.0995. The van der Waals surface area contributed by atoms with Crippen molar-refractivity contribution in [1.29, 1.82) is 0 Å². The van der Waals surface area contributed by atoms with Gasteiger partial charge in [0, 0.05) is 11.6 Å². The first-order valence-corrected chi connectivity index (χ1v) is 6.31. The van der Waals surface area contributed by atoms with E-state index in [-0.39, 0.29) is 36.4 Å². The van der Waals surface area contributed by atoms with Crippen LogP contribution in [0.3, 0.4) is 0 Å². The summed E-state index contributed by atoms with van der Waals surface area (Å²) >= 11 is -0.329. The quantitative estimate of drug-likeness (QED) is 0.908. The van der Waals surface area contributed by atoms with Crippen molar-refractivity contribution in [3.8, 4) is 5.75 Å². The number of carbonyl (C=O) groups excluding carboxylic acids is 1. The fourth-order valence-corrected chi connectivity index (χ4v) is 2.31. The minimum absolute atomic E-state index is 0.0654. The summed E-state index contributed by atoms with van der Waals surface area (Å²) in [6, 6.07) is 6.94. The largest absolute Gasteiger partial charge is 0.508 e. The standard InChI is InChI=1S/C12H8FN3O3S/c13-20-16-11(18)4-3-10(14-16)15-6-7-5-8(17)1-2-9(7)12(15)19/h1-5,17H,6H2. The SMILES string of the molecule is O=C1c2ccc(O)cc2CN1c1ccc(=O)n(SF)n1. The van der Waals surface area contributed by atoms with E-state index in [1.54, 1.807) is 0 Å². The maximum absolute atomic E-state index is 12.5. The van der Waals surface area contributed by atoms with Gasteiger partial charge in [-0.05, 0) is 29.8 Å².